The highest BCUT2D eigenvalue weighted by Crippen LogP contribution is 2.27. The Morgan fingerprint density at radius 3 is 2.75 bits per heavy atom. The number of halogens is 1. The Morgan fingerprint density at radius 1 is 1.44 bits per heavy atom. The molecule has 0 aromatic heterocycles. The number of likely N-dealkylation sites (N-methyl/N-ethyl adjacent to an activating group) is 1. The summed E-state index contributed by atoms with van der Waals surface area (Å²) in [6.07, 6.45) is 2.52. The molecule has 2 atom stereocenters. The van der Waals surface area contributed by atoms with Crippen molar-refractivity contribution in [3.05, 3.63) is 34.3 Å². The van der Waals surface area contributed by atoms with Gasteiger partial charge in [0.1, 0.15) is 0 Å². The molecule has 0 saturated carbocycles. The number of rotatable bonds is 4. The number of hydrogen-bond acceptors (Lipinski definition) is 2. The van der Waals surface area contributed by atoms with Crippen molar-refractivity contribution < 1.29 is 0 Å². The van der Waals surface area contributed by atoms with E-state index in [-0.39, 0.29) is 0 Å². The van der Waals surface area contributed by atoms with E-state index in [1.807, 2.05) is 0 Å². The van der Waals surface area contributed by atoms with Gasteiger partial charge in [-0.15, -0.1) is 0 Å². The van der Waals surface area contributed by atoms with Crippen LogP contribution in [0.1, 0.15) is 12.0 Å². The molecule has 0 aliphatic carbocycles. The van der Waals surface area contributed by atoms with E-state index in [1.54, 1.807) is 0 Å². The third-order valence-electron chi connectivity index (χ3n) is 3.27. The van der Waals surface area contributed by atoms with Crippen LogP contribution in [0.2, 0.25) is 0 Å². The Morgan fingerprint density at radius 2 is 2.19 bits per heavy atom. The van der Waals surface area contributed by atoms with Gasteiger partial charge in [-0.25, -0.2) is 0 Å². The molecule has 0 spiro atoms. The first-order valence-electron chi connectivity index (χ1n) is 5.79. The largest absolute Gasteiger partial charge is 0.316 e. The fourth-order valence-electron chi connectivity index (χ4n) is 2.25. The van der Waals surface area contributed by atoms with Gasteiger partial charge in [-0.2, -0.15) is 11.8 Å². The predicted octanol–water partition coefficient (Wildman–Crippen LogP) is 3.33. The van der Waals surface area contributed by atoms with Gasteiger partial charge >= 0.3 is 0 Å². The number of nitrogens with one attached hydrogen (secondary N) is 1. The summed E-state index contributed by atoms with van der Waals surface area (Å²) in [5.41, 5.74) is 1.43. The predicted molar refractivity (Wildman–Crippen MR) is 76.1 cm³/mol. The number of benzene rings is 1. The highest BCUT2D eigenvalue weighted by molar-refractivity contribution is 9.10. The summed E-state index contributed by atoms with van der Waals surface area (Å²) in [5.74, 6) is 3.50. The van der Waals surface area contributed by atoms with Crippen LogP contribution in [0.5, 0.6) is 0 Å². The lowest BCUT2D eigenvalue weighted by Gasteiger charge is -2.22. The highest BCUT2D eigenvalue weighted by atomic mass is 79.9. The van der Waals surface area contributed by atoms with Crippen LogP contribution in [0.25, 0.3) is 0 Å². The molecule has 16 heavy (non-hydrogen) atoms. The van der Waals surface area contributed by atoms with Crippen molar-refractivity contribution in [1.29, 1.82) is 0 Å². The van der Waals surface area contributed by atoms with Crippen molar-refractivity contribution in [1.82, 2.24) is 5.32 Å². The maximum absolute atomic E-state index is 3.48. The first kappa shape index (κ1) is 12.5. The van der Waals surface area contributed by atoms with Crippen LogP contribution in [-0.4, -0.2) is 24.6 Å². The van der Waals surface area contributed by atoms with E-state index < -0.39 is 0 Å². The lowest BCUT2D eigenvalue weighted by Crippen LogP contribution is -2.35. The smallest absolute Gasteiger partial charge is 0.0175 e. The fourth-order valence-corrected chi connectivity index (χ4v) is 3.85. The monoisotopic (exact) mass is 299 g/mol. The van der Waals surface area contributed by atoms with Crippen LogP contribution < -0.4 is 5.32 Å². The zero-order chi connectivity index (χ0) is 11.4. The Labute approximate surface area is 111 Å². The van der Waals surface area contributed by atoms with Gasteiger partial charge < -0.3 is 5.32 Å². The highest BCUT2D eigenvalue weighted by Gasteiger charge is 2.24. The van der Waals surface area contributed by atoms with Crippen LogP contribution >= 0.6 is 27.7 Å². The van der Waals surface area contributed by atoms with Crippen LogP contribution in [0.3, 0.4) is 0 Å². The third-order valence-corrected chi connectivity index (χ3v) is 4.99. The zero-order valence-electron chi connectivity index (χ0n) is 9.58. The quantitative estimate of drug-likeness (QED) is 0.915. The summed E-state index contributed by atoms with van der Waals surface area (Å²) in [7, 11) is 2.09. The van der Waals surface area contributed by atoms with E-state index in [1.165, 1.54) is 23.5 Å². The second-order valence-electron chi connectivity index (χ2n) is 4.35. The van der Waals surface area contributed by atoms with Crippen LogP contribution in [0.15, 0.2) is 28.7 Å². The Kier molecular flexibility index (Phi) is 4.74. The second kappa shape index (κ2) is 6.08. The van der Waals surface area contributed by atoms with Crippen LogP contribution in [0, 0.1) is 5.92 Å². The van der Waals surface area contributed by atoms with E-state index in [9.17, 15) is 0 Å². The summed E-state index contributed by atoms with van der Waals surface area (Å²) in [6, 6.07) is 9.33. The average molecular weight is 300 g/mol. The van der Waals surface area contributed by atoms with Crippen LogP contribution in [-0.2, 0) is 6.42 Å². The molecule has 3 heteroatoms. The maximum Gasteiger partial charge on any atom is 0.0175 e. The third kappa shape index (κ3) is 3.25. The van der Waals surface area contributed by atoms with E-state index in [0.29, 0.717) is 6.04 Å². The van der Waals surface area contributed by atoms with Gasteiger partial charge in [-0.3, -0.25) is 0 Å². The molecule has 2 rings (SSSR count). The molecule has 0 radical (unpaired) electrons. The Bertz CT molecular complexity index is 319. The normalized spacial score (nSPS) is 22.2. The van der Waals surface area contributed by atoms with Crippen molar-refractivity contribution in [2.75, 3.05) is 18.6 Å². The van der Waals surface area contributed by atoms with Gasteiger partial charge in [-0.1, -0.05) is 28.1 Å². The molecular weight excluding hydrogens is 282 g/mol. The fraction of sp³-hybridized carbons (Fsp3) is 0.538. The van der Waals surface area contributed by atoms with Crippen LogP contribution in [0.4, 0.5) is 0 Å². The molecule has 0 bridgehead atoms. The minimum atomic E-state index is 0.635. The molecule has 88 valence electrons. The van der Waals surface area contributed by atoms with E-state index in [0.717, 1.165) is 16.8 Å². The van der Waals surface area contributed by atoms with Gasteiger partial charge in [0.15, 0.2) is 0 Å². The molecular formula is C13H18BrNS. The van der Waals surface area contributed by atoms with Crippen molar-refractivity contribution in [2.45, 2.75) is 18.9 Å². The summed E-state index contributed by atoms with van der Waals surface area (Å²) in [5, 5.41) is 3.48. The minimum absolute atomic E-state index is 0.635. The summed E-state index contributed by atoms with van der Waals surface area (Å²) in [4.78, 5) is 0. The molecule has 1 fully saturated rings. The number of hydrogen-bond donors (Lipinski definition) is 1. The van der Waals surface area contributed by atoms with Crippen molar-refractivity contribution >= 4 is 27.7 Å². The first-order valence-corrected chi connectivity index (χ1v) is 7.74. The lowest BCUT2D eigenvalue weighted by molar-refractivity contribution is 0.404. The van der Waals surface area contributed by atoms with Crippen molar-refractivity contribution in [2.24, 2.45) is 5.92 Å². The van der Waals surface area contributed by atoms with Gasteiger partial charge in [0, 0.05) is 10.5 Å². The van der Waals surface area contributed by atoms with E-state index in [4.69, 9.17) is 0 Å². The summed E-state index contributed by atoms with van der Waals surface area (Å²) in [6.45, 7) is 0. The second-order valence-corrected chi connectivity index (χ2v) is 6.41. The molecule has 1 aliphatic rings. The lowest BCUT2D eigenvalue weighted by atomic mass is 9.93. The summed E-state index contributed by atoms with van der Waals surface area (Å²) >= 11 is 5.57. The zero-order valence-corrected chi connectivity index (χ0v) is 12.0. The van der Waals surface area contributed by atoms with Crippen molar-refractivity contribution in [3.8, 4) is 0 Å². The van der Waals surface area contributed by atoms with E-state index >= 15 is 0 Å². The van der Waals surface area contributed by atoms with Gasteiger partial charge in [0.25, 0.3) is 0 Å². The molecule has 0 amide bonds. The molecule has 1 aromatic rings. The molecule has 1 aliphatic heterocycles. The molecule has 1 saturated heterocycles. The number of thioether (sulfide) groups is 1. The SMILES string of the molecule is CNC(Cc1ccc(Br)cc1)C1CCSC1. The minimum Gasteiger partial charge on any atom is -0.316 e. The molecule has 1 nitrogen and oxygen atoms in total. The average Bonchev–Trinajstić information content (AvgIpc) is 2.82. The van der Waals surface area contributed by atoms with Gasteiger partial charge in [-0.05, 0) is 55.0 Å². The summed E-state index contributed by atoms with van der Waals surface area (Å²) < 4.78 is 1.16. The Balaban J connectivity index is 1.97. The molecule has 2 unspecified atom stereocenters. The molecule has 1 N–H and O–H groups in total. The van der Waals surface area contributed by atoms with Crippen molar-refractivity contribution in [3.63, 3.8) is 0 Å². The Hall–Kier alpha value is 0.01000. The first-order chi connectivity index (χ1) is 7.79. The maximum atomic E-state index is 3.48. The molecule has 1 aromatic carbocycles. The van der Waals surface area contributed by atoms with E-state index in [2.05, 4.69) is 64.3 Å². The standard InChI is InChI=1S/C13H18BrNS/c1-15-13(11-6-7-16-9-11)8-10-2-4-12(14)5-3-10/h2-5,11,13,15H,6-9H2,1H3. The van der Waals surface area contributed by atoms with Gasteiger partial charge in [0.05, 0.1) is 0 Å². The topological polar surface area (TPSA) is 12.0 Å². The molecule has 1 heterocycles. The van der Waals surface area contributed by atoms with Gasteiger partial charge in [0.2, 0.25) is 0 Å².